The van der Waals surface area contributed by atoms with E-state index in [4.69, 9.17) is 4.43 Å². The summed E-state index contributed by atoms with van der Waals surface area (Å²) >= 11 is 3.31. The van der Waals surface area contributed by atoms with Crippen molar-refractivity contribution in [2.45, 2.75) is 71.1 Å². The maximum atomic E-state index is 9.71. The van der Waals surface area contributed by atoms with Gasteiger partial charge in [0.15, 0.2) is 0 Å². The fraction of sp³-hybridized carbons (Fsp3) is 0.647. The van der Waals surface area contributed by atoms with Gasteiger partial charge in [0.25, 0.3) is 0 Å². The van der Waals surface area contributed by atoms with Gasteiger partial charge in [0.1, 0.15) is 5.75 Å². The zero-order chi connectivity index (χ0) is 15.7. The van der Waals surface area contributed by atoms with Gasteiger partial charge in [0.05, 0.1) is 11.1 Å². The molecule has 0 aliphatic carbocycles. The summed E-state index contributed by atoms with van der Waals surface area (Å²) in [6.07, 6.45) is 7.73. The van der Waals surface area contributed by atoms with Crippen molar-refractivity contribution in [1.29, 1.82) is 0 Å². The van der Waals surface area contributed by atoms with Gasteiger partial charge in [0, 0.05) is 0 Å². The minimum absolute atomic E-state index is 0.287. The number of benzene rings is 1. The van der Waals surface area contributed by atoms with Crippen LogP contribution in [-0.4, -0.2) is 14.1 Å². The van der Waals surface area contributed by atoms with Gasteiger partial charge >= 0.3 is 0 Å². The fourth-order valence-corrected chi connectivity index (χ4v) is 4.51. The van der Waals surface area contributed by atoms with Crippen LogP contribution in [0.4, 0.5) is 0 Å². The van der Waals surface area contributed by atoms with E-state index in [-0.39, 0.29) is 5.75 Å². The number of aromatic hydroxyl groups is 1. The van der Waals surface area contributed by atoms with E-state index in [0.29, 0.717) is 6.61 Å². The Balaban J connectivity index is 2.50. The van der Waals surface area contributed by atoms with Gasteiger partial charge in [-0.25, -0.2) is 0 Å². The molecule has 0 saturated heterocycles. The Kier molecular flexibility index (Phi) is 9.28. The van der Waals surface area contributed by atoms with Gasteiger partial charge in [-0.2, -0.15) is 0 Å². The number of phenolic OH excluding ortho intramolecular Hbond substituents is 1. The molecule has 0 aromatic heterocycles. The fourth-order valence-electron chi connectivity index (χ4n) is 2.41. The van der Waals surface area contributed by atoms with Crippen molar-refractivity contribution in [2.75, 3.05) is 0 Å². The smallest absolute Gasteiger partial charge is 0.211 e. The average Bonchev–Trinajstić information content (AvgIpc) is 2.48. The second kappa shape index (κ2) is 10.4. The third-order valence-electron chi connectivity index (χ3n) is 3.86. The van der Waals surface area contributed by atoms with Crippen molar-refractivity contribution in [1.82, 2.24) is 0 Å². The van der Waals surface area contributed by atoms with Gasteiger partial charge in [-0.1, -0.05) is 58.4 Å². The van der Waals surface area contributed by atoms with E-state index < -0.39 is 9.04 Å². The van der Waals surface area contributed by atoms with E-state index in [1.165, 1.54) is 38.5 Å². The normalized spacial score (nSPS) is 11.5. The van der Waals surface area contributed by atoms with E-state index in [1.807, 2.05) is 12.1 Å². The number of unbranched alkanes of at least 4 members (excludes halogenated alkanes) is 2. The van der Waals surface area contributed by atoms with Crippen LogP contribution < -0.4 is 0 Å². The molecule has 1 aromatic carbocycles. The first-order valence-electron chi connectivity index (χ1n) is 8.02. The molecule has 0 amide bonds. The van der Waals surface area contributed by atoms with Crippen molar-refractivity contribution in [2.24, 2.45) is 0 Å². The SMILES string of the molecule is CCCCC(CCCC)[Si](C)OCc1ccc(Br)c(O)c1. The predicted molar refractivity (Wildman–Crippen MR) is 95.0 cm³/mol. The first-order valence-corrected chi connectivity index (χ1v) is 10.8. The van der Waals surface area contributed by atoms with Gasteiger partial charge in [0.2, 0.25) is 9.04 Å². The number of rotatable bonds is 10. The summed E-state index contributed by atoms with van der Waals surface area (Å²) < 4.78 is 6.89. The largest absolute Gasteiger partial charge is 0.507 e. The Morgan fingerprint density at radius 3 is 2.33 bits per heavy atom. The Morgan fingerprint density at radius 1 is 1.19 bits per heavy atom. The lowest BCUT2D eigenvalue weighted by Gasteiger charge is -2.22. The Bertz CT molecular complexity index is 404. The van der Waals surface area contributed by atoms with Crippen LogP contribution in [0, 0.1) is 0 Å². The molecule has 0 bridgehead atoms. The van der Waals surface area contributed by atoms with E-state index in [9.17, 15) is 5.11 Å². The number of halogens is 1. The van der Waals surface area contributed by atoms with Crippen LogP contribution in [0.15, 0.2) is 22.7 Å². The molecule has 1 radical (unpaired) electrons. The van der Waals surface area contributed by atoms with Crippen molar-refractivity contribution in [3.05, 3.63) is 28.2 Å². The molecule has 0 atom stereocenters. The molecule has 0 aliphatic heterocycles. The summed E-state index contributed by atoms with van der Waals surface area (Å²) in [6, 6.07) is 5.67. The summed E-state index contributed by atoms with van der Waals surface area (Å²) in [5, 5.41) is 9.71. The molecule has 0 aliphatic rings. The first-order chi connectivity index (χ1) is 10.1. The van der Waals surface area contributed by atoms with Crippen molar-refractivity contribution >= 4 is 25.0 Å². The molecule has 4 heteroatoms. The molecule has 119 valence electrons. The Labute approximate surface area is 139 Å². The molecule has 0 fully saturated rings. The summed E-state index contributed by atoms with van der Waals surface area (Å²) in [6.45, 7) is 7.41. The van der Waals surface area contributed by atoms with Crippen LogP contribution in [0.2, 0.25) is 12.1 Å². The van der Waals surface area contributed by atoms with Crippen LogP contribution >= 0.6 is 15.9 Å². The molecule has 0 spiro atoms. The molecule has 1 aromatic rings. The summed E-state index contributed by atoms with van der Waals surface area (Å²) in [5.41, 5.74) is 1.80. The molecule has 0 saturated carbocycles. The quantitative estimate of drug-likeness (QED) is 0.507. The molecule has 0 heterocycles. The number of phenols is 1. The van der Waals surface area contributed by atoms with Gasteiger partial charge in [-0.15, -0.1) is 0 Å². The van der Waals surface area contributed by atoms with E-state index in [0.717, 1.165) is 15.6 Å². The minimum atomic E-state index is -0.786. The maximum Gasteiger partial charge on any atom is 0.211 e. The lowest BCUT2D eigenvalue weighted by atomic mass is 10.1. The van der Waals surface area contributed by atoms with Crippen LogP contribution in [0.25, 0.3) is 0 Å². The summed E-state index contributed by atoms with van der Waals surface area (Å²) in [7, 11) is -0.786. The molecule has 21 heavy (non-hydrogen) atoms. The van der Waals surface area contributed by atoms with E-state index in [2.05, 4.69) is 36.3 Å². The second-order valence-electron chi connectivity index (χ2n) is 5.67. The first kappa shape index (κ1) is 18.7. The number of hydrogen-bond donors (Lipinski definition) is 1. The van der Waals surface area contributed by atoms with Gasteiger partial charge < -0.3 is 9.53 Å². The van der Waals surface area contributed by atoms with Gasteiger partial charge in [-0.3, -0.25) is 0 Å². The van der Waals surface area contributed by atoms with Crippen molar-refractivity contribution in [3.63, 3.8) is 0 Å². The molecule has 1 N–H and O–H groups in total. The third-order valence-corrected chi connectivity index (χ3v) is 6.86. The molecule has 1 rings (SSSR count). The molecular weight excluding hydrogens is 344 g/mol. The highest BCUT2D eigenvalue weighted by Gasteiger charge is 2.20. The van der Waals surface area contributed by atoms with Crippen molar-refractivity contribution < 1.29 is 9.53 Å². The highest BCUT2D eigenvalue weighted by Crippen LogP contribution is 2.28. The van der Waals surface area contributed by atoms with Crippen LogP contribution in [0.3, 0.4) is 0 Å². The lowest BCUT2D eigenvalue weighted by Crippen LogP contribution is -2.21. The molecular formula is C17H28BrO2Si. The van der Waals surface area contributed by atoms with Crippen LogP contribution in [0.1, 0.15) is 57.9 Å². The highest BCUT2D eigenvalue weighted by molar-refractivity contribution is 9.10. The van der Waals surface area contributed by atoms with E-state index in [1.54, 1.807) is 6.07 Å². The second-order valence-corrected chi connectivity index (χ2v) is 8.85. The lowest BCUT2D eigenvalue weighted by molar-refractivity contribution is 0.297. The maximum absolute atomic E-state index is 9.71. The molecule has 2 nitrogen and oxygen atoms in total. The highest BCUT2D eigenvalue weighted by atomic mass is 79.9. The van der Waals surface area contributed by atoms with Crippen LogP contribution in [-0.2, 0) is 11.0 Å². The third kappa shape index (κ3) is 6.98. The summed E-state index contributed by atoms with van der Waals surface area (Å²) in [4.78, 5) is 0. The molecule has 0 unspecified atom stereocenters. The zero-order valence-corrected chi connectivity index (χ0v) is 16.1. The predicted octanol–water partition coefficient (Wildman–Crippen LogP) is 6.04. The van der Waals surface area contributed by atoms with Crippen molar-refractivity contribution in [3.8, 4) is 5.75 Å². The number of hydrogen-bond acceptors (Lipinski definition) is 2. The Morgan fingerprint density at radius 2 is 1.81 bits per heavy atom. The average molecular weight is 372 g/mol. The standard InChI is InChI=1S/C17H28BrO2Si/c1-4-6-8-15(9-7-5-2)21(3)20-13-14-10-11-16(18)17(19)12-14/h10-12,15,19H,4-9,13H2,1-3H3. The topological polar surface area (TPSA) is 29.5 Å². The zero-order valence-electron chi connectivity index (χ0n) is 13.5. The summed E-state index contributed by atoms with van der Waals surface area (Å²) in [5.74, 6) is 0.287. The van der Waals surface area contributed by atoms with Gasteiger partial charge in [-0.05, 0) is 45.7 Å². The minimum Gasteiger partial charge on any atom is -0.507 e. The monoisotopic (exact) mass is 371 g/mol. The van der Waals surface area contributed by atoms with Crippen LogP contribution in [0.5, 0.6) is 5.75 Å². The Hall–Kier alpha value is -0.323. The van der Waals surface area contributed by atoms with E-state index >= 15 is 0 Å².